The van der Waals surface area contributed by atoms with Gasteiger partial charge in [-0.15, -0.1) is 0 Å². The molecule has 3 aromatic rings. The smallest absolute Gasteiger partial charge is 0.387 e. The number of aliphatic hydroxyl groups excluding tert-OH is 1. The highest BCUT2D eigenvalue weighted by Crippen LogP contribution is 2.49. The van der Waals surface area contributed by atoms with E-state index in [1.165, 1.54) is 24.3 Å². The van der Waals surface area contributed by atoms with Gasteiger partial charge in [-0.05, 0) is 67.8 Å². The zero-order chi connectivity index (χ0) is 24.6. The number of fused-ring (bicyclic) bond motifs is 2. The van der Waals surface area contributed by atoms with Gasteiger partial charge in [-0.3, -0.25) is 0 Å². The summed E-state index contributed by atoms with van der Waals surface area (Å²) in [5.41, 5.74) is 1.60. The van der Waals surface area contributed by atoms with Gasteiger partial charge in [0.1, 0.15) is 5.75 Å². The number of sulfonamides is 1. The van der Waals surface area contributed by atoms with Crippen molar-refractivity contribution < 1.29 is 31.8 Å². The molecular formula is C25H24F2N2O5S. The fraction of sp³-hybridized carbons (Fsp3) is 0.280. The van der Waals surface area contributed by atoms with Crippen molar-refractivity contribution in [2.45, 2.75) is 49.0 Å². The van der Waals surface area contributed by atoms with Gasteiger partial charge in [0, 0.05) is 0 Å². The summed E-state index contributed by atoms with van der Waals surface area (Å²) in [6.07, 6.45) is 0.788. The standard InChI is InChI=1S/C25H24F2N2O5S/c26-25(27)33-16-12-14-17(15-13-16)35(31,32)28-18-6-5-9-21(24(18)30)29-19-7-1-3-10-22(19)34-23-11-4-2-8-20(23)29/h1-4,7-8,10-15,18,21,24-25,28,30H,5-6,9H2/t18-,21?,24+/m1/s1. The van der Waals surface area contributed by atoms with E-state index in [1.54, 1.807) is 0 Å². The van der Waals surface area contributed by atoms with Crippen LogP contribution in [-0.4, -0.2) is 38.3 Å². The van der Waals surface area contributed by atoms with Gasteiger partial charge in [-0.25, -0.2) is 13.1 Å². The van der Waals surface area contributed by atoms with E-state index in [-0.39, 0.29) is 10.6 Å². The summed E-state index contributed by atoms with van der Waals surface area (Å²) in [6, 6.07) is 18.6. The lowest BCUT2D eigenvalue weighted by molar-refractivity contribution is -0.0498. The summed E-state index contributed by atoms with van der Waals surface area (Å²) in [4.78, 5) is 1.92. The number of anilines is 2. The number of nitrogens with one attached hydrogen (secondary N) is 1. The molecule has 3 atom stereocenters. The Bertz CT molecular complexity index is 1260. The van der Waals surface area contributed by atoms with E-state index in [2.05, 4.69) is 9.46 Å². The zero-order valence-electron chi connectivity index (χ0n) is 18.6. The number of nitrogens with zero attached hydrogens (tertiary/aromatic N) is 1. The molecule has 3 aromatic carbocycles. The average Bonchev–Trinajstić information content (AvgIpc) is 2.84. The average molecular weight is 503 g/mol. The van der Waals surface area contributed by atoms with E-state index in [4.69, 9.17) is 4.74 Å². The first-order chi connectivity index (χ1) is 16.8. The van der Waals surface area contributed by atoms with Crippen LogP contribution >= 0.6 is 0 Å². The van der Waals surface area contributed by atoms with Crippen LogP contribution in [0.5, 0.6) is 17.2 Å². The summed E-state index contributed by atoms with van der Waals surface area (Å²) < 4.78 is 63.7. The number of alkyl halides is 2. The van der Waals surface area contributed by atoms with E-state index in [0.29, 0.717) is 30.8 Å². The maximum Gasteiger partial charge on any atom is 0.387 e. The Labute approximate surface area is 202 Å². The van der Waals surface area contributed by atoms with Gasteiger partial charge in [0.25, 0.3) is 0 Å². The molecule has 5 rings (SSSR count). The zero-order valence-corrected chi connectivity index (χ0v) is 19.4. The van der Waals surface area contributed by atoms with Crippen LogP contribution in [0.15, 0.2) is 77.7 Å². The maximum atomic E-state index is 13.0. The number of halogens is 2. The summed E-state index contributed by atoms with van der Waals surface area (Å²) in [5, 5.41) is 11.4. The van der Waals surface area contributed by atoms with Crippen LogP contribution in [0.3, 0.4) is 0 Å². The first-order valence-corrected chi connectivity index (χ1v) is 12.7. The first kappa shape index (κ1) is 23.5. The van der Waals surface area contributed by atoms with Gasteiger partial charge >= 0.3 is 6.61 Å². The summed E-state index contributed by atoms with van der Waals surface area (Å²) in [7, 11) is -4.01. The van der Waals surface area contributed by atoms with Crippen molar-refractivity contribution in [3.05, 3.63) is 72.8 Å². The fourth-order valence-corrected chi connectivity index (χ4v) is 6.01. The van der Waals surface area contributed by atoms with Crippen LogP contribution in [-0.2, 0) is 10.0 Å². The van der Waals surface area contributed by atoms with Gasteiger partial charge in [-0.1, -0.05) is 24.3 Å². The summed E-state index contributed by atoms with van der Waals surface area (Å²) in [6.45, 7) is -3.00. The van der Waals surface area contributed by atoms with Crippen molar-refractivity contribution in [1.29, 1.82) is 0 Å². The Balaban J connectivity index is 1.40. The SMILES string of the molecule is O=S(=O)(N[C@@H]1CCCC(N2c3ccccc3Oc3ccccc32)[C@H]1O)c1ccc(OC(F)F)cc1. The molecule has 184 valence electrons. The molecule has 1 unspecified atom stereocenters. The normalized spacial score (nSPS) is 21.7. The lowest BCUT2D eigenvalue weighted by Crippen LogP contribution is -2.56. The van der Waals surface area contributed by atoms with E-state index in [1.807, 2.05) is 53.4 Å². The van der Waals surface area contributed by atoms with Crippen molar-refractivity contribution in [3.8, 4) is 17.2 Å². The highest BCUT2D eigenvalue weighted by molar-refractivity contribution is 7.89. The largest absolute Gasteiger partial charge is 0.453 e. The molecule has 1 heterocycles. The monoisotopic (exact) mass is 502 g/mol. The number of benzene rings is 3. The predicted molar refractivity (Wildman–Crippen MR) is 126 cm³/mol. The van der Waals surface area contributed by atoms with Gasteiger partial charge in [0.2, 0.25) is 10.0 Å². The number of aliphatic hydroxyl groups is 1. The Hall–Kier alpha value is -3.21. The lowest BCUT2D eigenvalue weighted by atomic mass is 9.86. The topological polar surface area (TPSA) is 88.1 Å². The minimum absolute atomic E-state index is 0.101. The molecule has 1 aliphatic heterocycles. The second-order valence-corrected chi connectivity index (χ2v) is 10.2. The molecule has 0 amide bonds. The molecule has 10 heteroatoms. The Morgan fingerprint density at radius 1 is 0.943 bits per heavy atom. The molecule has 0 saturated heterocycles. The van der Waals surface area contributed by atoms with Crippen LogP contribution < -0.4 is 19.1 Å². The molecule has 0 bridgehead atoms. The Morgan fingerprint density at radius 3 is 2.14 bits per heavy atom. The van der Waals surface area contributed by atoms with Crippen molar-refractivity contribution in [3.63, 3.8) is 0 Å². The number of hydrogen-bond donors (Lipinski definition) is 2. The molecule has 1 fully saturated rings. The van der Waals surface area contributed by atoms with E-state index in [0.717, 1.165) is 11.4 Å². The molecule has 2 aliphatic rings. The van der Waals surface area contributed by atoms with Gasteiger partial charge in [0.05, 0.1) is 34.5 Å². The van der Waals surface area contributed by atoms with Crippen molar-refractivity contribution in [2.75, 3.05) is 4.90 Å². The van der Waals surface area contributed by atoms with Gasteiger partial charge in [0.15, 0.2) is 11.5 Å². The molecule has 1 aliphatic carbocycles. The minimum atomic E-state index is -4.01. The minimum Gasteiger partial charge on any atom is -0.453 e. The third-order valence-corrected chi connectivity index (χ3v) is 7.79. The Morgan fingerprint density at radius 2 is 1.54 bits per heavy atom. The molecule has 1 saturated carbocycles. The quantitative estimate of drug-likeness (QED) is 0.504. The third-order valence-electron chi connectivity index (χ3n) is 6.29. The number of para-hydroxylation sites is 4. The number of rotatable bonds is 6. The van der Waals surface area contributed by atoms with E-state index in [9.17, 15) is 22.3 Å². The number of hydrogen-bond acceptors (Lipinski definition) is 6. The summed E-state index contributed by atoms with van der Waals surface area (Å²) in [5.74, 6) is 1.18. The van der Waals surface area contributed by atoms with Gasteiger partial charge in [-0.2, -0.15) is 8.78 Å². The van der Waals surface area contributed by atoms with E-state index >= 15 is 0 Å². The molecule has 0 spiro atoms. The second-order valence-electron chi connectivity index (χ2n) is 8.47. The van der Waals surface area contributed by atoms with Crippen LogP contribution in [0.4, 0.5) is 20.2 Å². The highest BCUT2D eigenvalue weighted by Gasteiger charge is 2.41. The molecule has 7 nitrogen and oxygen atoms in total. The van der Waals surface area contributed by atoms with Crippen LogP contribution in [0.25, 0.3) is 0 Å². The fourth-order valence-electron chi connectivity index (χ4n) is 4.73. The van der Waals surface area contributed by atoms with Crippen LogP contribution in [0.2, 0.25) is 0 Å². The van der Waals surface area contributed by atoms with Crippen molar-refractivity contribution >= 4 is 21.4 Å². The third kappa shape index (κ3) is 4.69. The maximum absolute atomic E-state index is 13.0. The molecule has 0 aromatic heterocycles. The molecule has 0 radical (unpaired) electrons. The molecular weight excluding hydrogens is 478 g/mol. The van der Waals surface area contributed by atoms with Crippen LogP contribution in [0, 0.1) is 0 Å². The molecule has 35 heavy (non-hydrogen) atoms. The number of ether oxygens (including phenoxy) is 2. The van der Waals surface area contributed by atoms with Crippen molar-refractivity contribution in [2.24, 2.45) is 0 Å². The summed E-state index contributed by atoms with van der Waals surface area (Å²) >= 11 is 0. The molecule has 2 N–H and O–H groups in total. The second kappa shape index (κ2) is 9.44. The van der Waals surface area contributed by atoms with Crippen molar-refractivity contribution in [1.82, 2.24) is 4.72 Å². The first-order valence-electron chi connectivity index (χ1n) is 11.2. The Kier molecular flexibility index (Phi) is 6.35. The van der Waals surface area contributed by atoms with Gasteiger partial charge < -0.3 is 19.5 Å². The lowest BCUT2D eigenvalue weighted by Gasteiger charge is -2.44. The predicted octanol–water partition coefficient (Wildman–Crippen LogP) is 4.79. The van der Waals surface area contributed by atoms with Crippen LogP contribution in [0.1, 0.15) is 19.3 Å². The van der Waals surface area contributed by atoms with E-state index < -0.39 is 34.8 Å². The highest BCUT2D eigenvalue weighted by atomic mass is 32.2.